The molecule has 94 valence electrons. The van der Waals surface area contributed by atoms with E-state index in [0.29, 0.717) is 17.3 Å². The van der Waals surface area contributed by atoms with Gasteiger partial charge in [-0.3, -0.25) is 9.48 Å². The molecule has 2 rings (SSSR count). The molecule has 1 atom stereocenters. The van der Waals surface area contributed by atoms with Crippen molar-refractivity contribution in [2.45, 2.75) is 26.7 Å². The van der Waals surface area contributed by atoms with Crippen LogP contribution in [0.5, 0.6) is 0 Å². The summed E-state index contributed by atoms with van der Waals surface area (Å²) in [4.78, 5) is 14.2. The van der Waals surface area contributed by atoms with E-state index in [4.69, 9.17) is 5.73 Å². The monoisotopic (exact) mass is 236 g/mol. The smallest absolute Gasteiger partial charge is 0.274 e. The fourth-order valence-electron chi connectivity index (χ4n) is 2.38. The van der Waals surface area contributed by atoms with E-state index in [-0.39, 0.29) is 5.91 Å². The maximum absolute atomic E-state index is 12.3. The molecule has 1 amide bonds. The third kappa shape index (κ3) is 2.01. The number of carbonyl (C=O) groups is 1. The van der Waals surface area contributed by atoms with E-state index in [9.17, 15) is 4.79 Å². The molecular weight excluding hydrogens is 216 g/mol. The van der Waals surface area contributed by atoms with Gasteiger partial charge in [0.05, 0.1) is 11.4 Å². The Morgan fingerprint density at radius 1 is 1.59 bits per heavy atom. The van der Waals surface area contributed by atoms with Gasteiger partial charge in [-0.1, -0.05) is 13.8 Å². The van der Waals surface area contributed by atoms with Gasteiger partial charge in [0, 0.05) is 20.1 Å². The Kier molecular flexibility index (Phi) is 3.09. The van der Waals surface area contributed by atoms with Crippen LogP contribution in [0, 0.1) is 5.92 Å². The highest BCUT2D eigenvalue weighted by atomic mass is 16.2. The number of rotatable bonds is 2. The minimum Gasteiger partial charge on any atom is -0.395 e. The molecule has 0 bridgehead atoms. The number of amides is 1. The zero-order chi connectivity index (χ0) is 12.6. The van der Waals surface area contributed by atoms with Crippen LogP contribution in [0.4, 0.5) is 5.69 Å². The minimum absolute atomic E-state index is 0.0153. The highest BCUT2D eigenvalue weighted by molar-refractivity contribution is 5.98. The zero-order valence-electron chi connectivity index (χ0n) is 10.7. The predicted molar refractivity (Wildman–Crippen MR) is 66.7 cm³/mol. The van der Waals surface area contributed by atoms with E-state index < -0.39 is 0 Å². The van der Waals surface area contributed by atoms with Gasteiger partial charge in [-0.05, 0) is 18.8 Å². The van der Waals surface area contributed by atoms with Crippen LogP contribution in [-0.4, -0.2) is 33.7 Å². The van der Waals surface area contributed by atoms with Crippen molar-refractivity contribution in [3.05, 3.63) is 11.4 Å². The number of nitrogen functional groups attached to an aromatic ring is 1. The number of anilines is 1. The molecule has 1 aromatic rings. The van der Waals surface area contributed by atoms with Crippen molar-refractivity contribution >= 4 is 11.6 Å². The van der Waals surface area contributed by atoms with Gasteiger partial charge >= 0.3 is 0 Å². The summed E-state index contributed by atoms with van der Waals surface area (Å²) in [5.41, 5.74) is 7.87. The molecule has 1 saturated heterocycles. The molecule has 0 saturated carbocycles. The molecule has 1 unspecified atom stereocenters. The Morgan fingerprint density at radius 2 is 2.29 bits per heavy atom. The number of hydrogen-bond donors (Lipinski definition) is 1. The molecule has 5 heteroatoms. The van der Waals surface area contributed by atoms with Crippen LogP contribution < -0.4 is 5.73 Å². The highest BCUT2D eigenvalue weighted by Gasteiger charge is 2.28. The Hall–Kier alpha value is -1.52. The lowest BCUT2D eigenvalue weighted by Gasteiger charge is -2.16. The van der Waals surface area contributed by atoms with Gasteiger partial charge in [0.2, 0.25) is 0 Å². The maximum Gasteiger partial charge on any atom is 0.274 e. The number of likely N-dealkylation sites (tertiary alicyclic amines) is 1. The van der Waals surface area contributed by atoms with Crippen LogP contribution in [0.2, 0.25) is 0 Å². The van der Waals surface area contributed by atoms with Crippen molar-refractivity contribution in [2.24, 2.45) is 13.0 Å². The summed E-state index contributed by atoms with van der Waals surface area (Å²) in [5.74, 6) is 0.598. The second-order valence-corrected chi connectivity index (χ2v) is 4.83. The summed E-state index contributed by atoms with van der Waals surface area (Å²) in [6.07, 6.45) is 1.83. The first kappa shape index (κ1) is 12.0. The molecule has 2 heterocycles. The number of nitrogens with two attached hydrogens (primary N) is 1. The van der Waals surface area contributed by atoms with E-state index in [0.717, 1.165) is 31.6 Å². The van der Waals surface area contributed by atoms with Crippen LogP contribution in [0.15, 0.2) is 0 Å². The van der Waals surface area contributed by atoms with Gasteiger partial charge in [-0.2, -0.15) is 5.10 Å². The highest BCUT2D eigenvalue weighted by Crippen LogP contribution is 2.22. The molecule has 0 aromatic carbocycles. The van der Waals surface area contributed by atoms with Gasteiger partial charge in [0.15, 0.2) is 0 Å². The second-order valence-electron chi connectivity index (χ2n) is 4.83. The van der Waals surface area contributed by atoms with Gasteiger partial charge in [-0.25, -0.2) is 0 Å². The first-order valence-electron chi connectivity index (χ1n) is 6.15. The minimum atomic E-state index is 0.0153. The number of aryl methyl sites for hydroxylation is 2. The van der Waals surface area contributed by atoms with Crippen molar-refractivity contribution in [2.75, 3.05) is 18.8 Å². The van der Waals surface area contributed by atoms with Gasteiger partial charge in [0.25, 0.3) is 5.91 Å². The summed E-state index contributed by atoms with van der Waals surface area (Å²) in [6, 6.07) is 0. The lowest BCUT2D eigenvalue weighted by Crippen LogP contribution is -2.30. The Balaban J connectivity index is 2.28. The van der Waals surface area contributed by atoms with E-state index in [2.05, 4.69) is 12.0 Å². The van der Waals surface area contributed by atoms with Crippen molar-refractivity contribution in [1.29, 1.82) is 0 Å². The Bertz CT molecular complexity index is 438. The fourth-order valence-corrected chi connectivity index (χ4v) is 2.38. The Labute approximate surface area is 102 Å². The summed E-state index contributed by atoms with van der Waals surface area (Å²) in [5, 5.41) is 4.28. The largest absolute Gasteiger partial charge is 0.395 e. The number of carbonyl (C=O) groups excluding carboxylic acids is 1. The number of hydrogen-bond acceptors (Lipinski definition) is 3. The quantitative estimate of drug-likeness (QED) is 0.834. The average Bonchev–Trinajstić information content (AvgIpc) is 2.83. The molecular formula is C12H20N4O. The van der Waals surface area contributed by atoms with Gasteiger partial charge < -0.3 is 10.6 Å². The van der Waals surface area contributed by atoms with Crippen molar-refractivity contribution in [3.8, 4) is 0 Å². The summed E-state index contributed by atoms with van der Waals surface area (Å²) in [6.45, 7) is 5.80. The van der Waals surface area contributed by atoms with E-state index >= 15 is 0 Å². The van der Waals surface area contributed by atoms with Crippen LogP contribution in [-0.2, 0) is 13.5 Å². The lowest BCUT2D eigenvalue weighted by molar-refractivity contribution is 0.0778. The normalized spacial score (nSPS) is 19.9. The molecule has 0 aliphatic carbocycles. The molecule has 1 aromatic heterocycles. The average molecular weight is 236 g/mol. The second kappa shape index (κ2) is 4.39. The van der Waals surface area contributed by atoms with E-state index in [1.807, 2.05) is 11.8 Å². The van der Waals surface area contributed by atoms with Crippen LogP contribution in [0.3, 0.4) is 0 Å². The van der Waals surface area contributed by atoms with E-state index in [1.165, 1.54) is 0 Å². The molecule has 17 heavy (non-hydrogen) atoms. The lowest BCUT2D eigenvalue weighted by atomic mass is 10.2. The number of aromatic nitrogens is 2. The van der Waals surface area contributed by atoms with Gasteiger partial charge in [-0.15, -0.1) is 0 Å². The standard InChI is InChI=1S/C12H20N4O/c1-4-9-10(13)11(15(3)14-9)12(17)16-6-5-8(2)7-16/h8H,4-7,13H2,1-3H3. The topological polar surface area (TPSA) is 64.2 Å². The zero-order valence-corrected chi connectivity index (χ0v) is 10.7. The molecule has 5 nitrogen and oxygen atoms in total. The molecule has 2 N–H and O–H groups in total. The third-order valence-corrected chi connectivity index (χ3v) is 3.41. The SMILES string of the molecule is CCc1nn(C)c(C(=O)N2CCC(C)C2)c1N. The van der Waals surface area contributed by atoms with E-state index in [1.54, 1.807) is 11.7 Å². The summed E-state index contributed by atoms with van der Waals surface area (Å²) < 4.78 is 1.61. The molecule has 1 aliphatic rings. The van der Waals surface area contributed by atoms with Crippen molar-refractivity contribution in [3.63, 3.8) is 0 Å². The molecule has 0 spiro atoms. The van der Waals surface area contributed by atoms with Crippen LogP contribution in [0.25, 0.3) is 0 Å². The Morgan fingerprint density at radius 3 is 2.76 bits per heavy atom. The predicted octanol–water partition coefficient (Wildman–Crippen LogP) is 1.05. The third-order valence-electron chi connectivity index (χ3n) is 3.41. The van der Waals surface area contributed by atoms with Crippen molar-refractivity contribution in [1.82, 2.24) is 14.7 Å². The van der Waals surface area contributed by atoms with Crippen molar-refractivity contribution < 1.29 is 4.79 Å². The molecule has 0 radical (unpaired) electrons. The molecule has 1 fully saturated rings. The first-order chi connectivity index (χ1) is 8.04. The van der Waals surface area contributed by atoms with Crippen LogP contribution in [0.1, 0.15) is 36.5 Å². The van der Waals surface area contributed by atoms with Crippen LogP contribution >= 0.6 is 0 Å². The van der Waals surface area contributed by atoms with Gasteiger partial charge in [0.1, 0.15) is 5.69 Å². The summed E-state index contributed by atoms with van der Waals surface area (Å²) in [7, 11) is 1.78. The number of nitrogens with zero attached hydrogens (tertiary/aromatic N) is 3. The maximum atomic E-state index is 12.3. The molecule has 1 aliphatic heterocycles. The summed E-state index contributed by atoms with van der Waals surface area (Å²) >= 11 is 0. The fraction of sp³-hybridized carbons (Fsp3) is 0.667. The first-order valence-corrected chi connectivity index (χ1v) is 6.15.